The quantitative estimate of drug-likeness (QED) is 0.805. The molecule has 1 fully saturated rings. The second-order valence-electron chi connectivity index (χ2n) is 8.94. The normalized spacial score (nSPS) is 17.4. The van der Waals surface area contributed by atoms with Gasteiger partial charge in [-0.25, -0.2) is 0 Å². The average Bonchev–Trinajstić information content (AvgIpc) is 2.62. The van der Waals surface area contributed by atoms with Crippen molar-refractivity contribution in [2.75, 3.05) is 13.1 Å². The summed E-state index contributed by atoms with van der Waals surface area (Å²) >= 11 is 0. The van der Waals surface area contributed by atoms with Crippen molar-refractivity contribution in [3.63, 3.8) is 0 Å². The van der Waals surface area contributed by atoms with Crippen LogP contribution in [0, 0.1) is 11.3 Å². The van der Waals surface area contributed by atoms with Crippen LogP contribution < -0.4 is 10.6 Å². The smallest absolute Gasteiger partial charge is 0.242 e. The Morgan fingerprint density at radius 3 is 2.22 bits per heavy atom. The summed E-state index contributed by atoms with van der Waals surface area (Å²) in [6, 6.07) is 7.88. The van der Waals surface area contributed by atoms with Crippen LogP contribution in [0.5, 0.6) is 0 Å². The molecule has 5 nitrogen and oxygen atoms in total. The van der Waals surface area contributed by atoms with E-state index >= 15 is 0 Å². The molecule has 1 aliphatic rings. The predicted octanol–water partition coefficient (Wildman–Crippen LogP) is 3.09. The topological polar surface area (TPSA) is 61.4 Å². The van der Waals surface area contributed by atoms with Crippen molar-refractivity contribution >= 4 is 11.8 Å². The zero-order chi connectivity index (χ0) is 20.0. The first-order chi connectivity index (χ1) is 12.6. The molecule has 1 unspecified atom stereocenters. The highest BCUT2D eigenvalue weighted by atomic mass is 16.2. The average molecular weight is 374 g/mol. The first-order valence-electron chi connectivity index (χ1n) is 10.0. The van der Waals surface area contributed by atoms with E-state index in [1.165, 1.54) is 31.5 Å². The van der Waals surface area contributed by atoms with Crippen molar-refractivity contribution in [3.8, 4) is 0 Å². The van der Waals surface area contributed by atoms with E-state index in [0.29, 0.717) is 6.54 Å². The summed E-state index contributed by atoms with van der Waals surface area (Å²) in [6.07, 6.45) is 2.57. The number of benzene rings is 1. The molecule has 1 saturated heterocycles. The summed E-state index contributed by atoms with van der Waals surface area (Å²) in [7, 11) is 0. The van der Waals surface area contributed by atoms with Crippen molar-refractivity contribution < 1.29 is 9.59 Å². The molecule has 0 saturated carbocycles. The largest absolute Gasteiger partial charge is 0.350 e. The first-order valence-corrected chi connectivity index (χ1v) is 10.0. The molecule has 2 N–H and O–H groups in total. The second-order valence-corrected chi connectivity index (χ2v) is 8.94. The highest BCUT2D eigenvalue weighted by Gasteiger charge is 2.24. The predicted molar refractivity (Wildman–Crippen MR) is 109 cm³/mol. The van der Waals surface area contributed by atoms with Crippen LogP contribution in [-0.4, -0.2) is 35.8 Å². The van der Waals surface area contributed by atoms with Gasteiger partial charge in [0, 0.05) is 18.5 Å². The van der Waals surface area contributed by atoms with Gasteiger partial charge >= 0.3 is 0 Å². The van der Waals surface area contributed by atoms with E-state index in [1.807, 2.05) is 20.8 Å². The van der Waals surface area contributed by atoms with Crippen LogP contribution in [0.2, 0.25) is 0 Å². The fourth-order valence-corrected chi connectivity index (χ4v) is 3.06. The Morgan fingerprint density at radius 2 is 1.67 bits per heavy atom. The molecule has 1 aromatic rings. The van der Waals surface area contributed by atoms with Crippen LogP contribution >= 0.6 is 0 Å². The maximum Gasteiger partial charge on any atom is 0.242 e. The number of piperidine rings is 1. The molecule has 2 rings (SSSR count). The highest BCUT2D eigenvalue weighted by Crippen LogP contribution is 2.18. The SMILES string of the molecule is CC1CCN(Cc2ccc(CNC(=O)C(C)NC(=O)C(C)(C)C)cc2)CC1. The van der Waals surface area contributed by atoms with Crippen molar-refractivity contribution in [1.29, 1.82) is 0 Å². The van der Waals surface area contributed by atoms with Gasteiger partial charge in [-0.15, -0.1) is 0 Å². The van der Waals surface area contributed by atoms with E-state index in [9.17, 15) is 9.59 Å². The summed E-state index contributed by atoms with van der Waals surface area (Å²) in [6.45, 7) is 13.4. The molecule has 1 aromatic carbocycles. The van der Waals surface area contributed by atoms with E-state index in [-0.39, 0.29) is 11.8 Å². The Kier molecular flexibility index (Phi) is 7.42. The van der Waals surface area contributed by atoms with Gasteiger partial charge in [0.1, 0.15) is 6.04 Å². The molecule has 5 heteroatoms. The third-order valence-electron chi connectivity index (χ3n) is 5.19. The third kappa shape index (κ3) is 6.98. The van der Waals surface area contributed by atoms with Gasteiger partial charge < -0.3 is 10.6 Å². The van der Waals surface area contributed by atoms with Crippen LogP contribution in [0.25, 0.3) is 0 Å². The number of carbonyl (C=O) groups is 2. The van der Waals surface area contributed by atoms with Gasteiger partial charge in [0.05, 0.1) is 0 Å². The lowest BCUT2D eigenvalue weighted by Crippen LogP contribution is -2.48. The minimum Gasteiger partial charge on any atom is -0.350 e. The molecule has 0 aromatic heterocycles. The van der Waals surface area contributed by atoms with Crippen molar-refractivity contribution in [2.45, 2.75) is 66.6 Å². The Hall–Kier alpha value is -1.88. The number of hydrogen-bond donors (Lipinski definition) is 2. The van der Waals surface area contributed by atoms with E-state index in [2.05, 4.69) is 46.7 Å². The Labute approximate surface area is 163 Å². The Morgan fingerprint density at radius 1 is 1.11 bits per heavy atom. The number of nitrogens with one attached hydrogen (secondary N) is 2. The van der Waals surface area contributed by atoms with E-state index in [0.717, 1.165) is 18.0 Å². The third-order valence-corrected chi connectivity index (χ3v) is 5.19. The molecular formula is C22H35N3O2. The summed E-state index contributed by atoms with van der Waals surface area (Å²) in [5.41, 5.74) is 1.87. The van der Waals surface area contributed by atoms with E-state index in [1.54, 1.807) is 6.92 Å². The first kappa shape index (κ1) is 21.4. The van der Waals surface area contributed by atoms with Gasteiger partial charge in [-0.05, 0) is 49.9 Å². The number of carbonyl (C=O) groups excluding carboxylic acids is 2. The van der Waals surface area contributed by atoms with Crippen LogP contribution in [-0.2, 0) is 22.7 Å². The second kappa shape index (κ2) is 9.36. The van der Waals surface area contributed by atoms with Gasteiger partial charge in [0.25, 0.3) is 0 Å². The van der Waals surface area contributed by atoms with Crippen LogP contribution in [0.1, 0.15) is 58.6 Å². The summed E-state index contributed by atoms with van der Waals surface area (Å²) < 4.78 is 0. The molecule has 2 amide bonds. The number of nitrogens with zero attached hydrogens (tertiary/aromatic N) is 1. The monoisotopic (exact) mass is 373 g/mol. The van der Waals surface area contributed by atoms with Gasteiger partial charge in [-0.1, -0.05) is 52.0 Å². The minimum atomic E-state index is -0.544. The van der Waals surface area contributed by atoms with Crippen molar-refractivity contribution in [3.05, 3.63) is 35.4 Å². The van der Waals surface area contributed by atoms with Crippen molar-refractivity contribution in [2.24, 2.45) is 11.3 Å². The van der Waals surface area contributed by atoms with Gasteiger partial charge in [-0.2, -0.15) is 0 Å². The number of rotatable bonds is 6. The van der Waals surface area contributed by atoms with Crippen LogP contribution in [0.3, 0.4) is 0 Å². The maximum atomic E-state index is 12.2. The lowest BCUT2D eigenvalue weighted by atomic mass is 9.95. The van der Waals surface area contributed by atoms with Crippen LogP contribution in [0.15, 0.2) is 24.3 Å². The molecular weight excluding hydrogens is 338 g/mol. The zero-order valence-electron chi connectivity index (χ0n) is 17.5. The molecule has 1 atom stereocenters. The van der Waals surface area contributed by atoms with E-state index < -0.39 is 11.5 Å². The molecule has 27 heavy (non-hydrogen) atoms. The number of amides is 2. The molecule has 0 radical (unpaired) electrons. The Bertz CT molecular complexity index is 626. The molecule has 150 valence electrons. The van der Waals surface area contributed by atoms with Gasteiger partial charge in [0.2, 0.25) is 11.8 Å². The van der Waals surface area contributed by atoms with Gasteiger partial charge in [0.15, 0.2) is 0 Å². The summed E-state index contributed by atoms with van der Waals surface area (Å²) in [5, 5.41) is 5.65. The fraction of sp³-hybridized carbons (Fsp3) is 0.636. The Balaban J connectivity index is 1.77. The summed E-state index contributed by atoms with van der Waals surface area (Å²) in [5.74, 6) is 0.559. The molecule has 0 bridgehead atoms. The standard InChI is InChI=1S/C22H35N3O2/c1-16-10-12-25(13-11-16)15-19-8-6-18(7-9-19)14-23-20(26)17(2)24-21(27)22(3,4)5/h6-9,16-17H,10-15H2,1-5H3,(H,23,26)(H,24,27). The highest BCUT2D eigenvalue weighted by molar-refractivity contribution is 5.89. The molecule has 1 heterocycles. The molecule has 0 spiro atoms. The zero-order valence-corrected chi connectivity index (χ0v) is 17.5. The van der Waals surface area contributed by atoms with E-state index in [4.69, 9.17) is 0 Å². The fourth-order valence-electron chi connectivity index (χ4n) is 3.06. The number of hydrogen-bond acceptors (Lipinski definition) is 3. The molecule has 1 aliphatic heterocycles. The van der Waals surface area contributed by atoms with Crippen LogP contribution in [0.4, 0.5) is 0 Å². The number of likely N-dealkylation sites (tertiary alicyclic amines) is 1. The van der Waals surface area contributed by atoms with Gasteiger partial charge in [-0.3, -0.25) is 14.5 Å². The maximum absolute atomic E-state index is 12.2. The molecule has 0 aliphatic carbocycles. The minimum absolute atomic E-state index is 0.124. The lowest BCUT2D eigenvalue weighted by molar-refractivity contribution is -0.133. The lowest BCUT2D eigenvalue weighted by Gasteiger charge is -2.30. The van der Waals surface area contributed by atoms with Crippen molar-refractivity contribution in [1.82, 2.24) is 15.5 Å². The summed E-state index contributed by atoms with van der Waals surface area (Å²) in [4.78, 5) is 26.7.